The Morgan fingerprint density at radius 3 is 2.83 bits per heavy atom. The molecule has 0 bridgehead atoms. The SMILES string of the molecule is O=S(=O)(O)CCCc1ncn[nH]1. The molecule has 0 aromatic carbocycles. The molecule has 68 valence electrons. The van der Waals surface area contributed by atoms with Gasteiger partial charge < -0.3 is 0 Å². The fourth-order valence-electron chi connectivity index (χ4n) is 0.773. The molecule has 0 saturated heterocycles. The molecule has 1 aromatic rings. The summed E-state index contributed by atoms with van der Waals surface area (Å²) in [5, 5.41) is 6.18. The van der Waals surface area contributed by atoms with Crippen LogP contribution in [0.25, 0.3) is 0 Å². The molecule has 1 rings (SSSR count). The van der Waals surface area contributed by atoms with Crippen molar-refractivity contribution >= 4 is 10.1 Å². The highest BCUT2D eigenvalue weighted by molar-refractivity contribution is 7.85. The van der Waals surface area contributed by atoms with Crippen LogP contribution in [0.15, 0.2) is 6.33 Å². The van der Waals surface area contributed by atoms with Crippen LogP contribution in [0.4, 0.5) is 0 Å². The fourth-order valence-corrected chi connectivity index (χ4v) is 1.28. The average Bonchev–Trinajstić information content (AvgIpc) is 2.36. The summed E-state index contributed by atoms with van der Waals surface area (Å²) in [5.74, 6) is 0.381. The fraction of sp³-hybridized carbons (Fsp3) is 0.600. The molecule has 1 aromatic heterocycles. The Kier molecular flexibility index (Phi) is 2.77. The van der Waals surface area contributed by atoms with Gasteiger partial charge >= 0.3 is 0 Å². The molecule has 0 saturated carbocycles. The number of rotatable bonds is 4. The van der Waals surface area contributed by atoms with E-state index < -0.39 is 10.1 Å². The number of aromatic nitrogens is 3. The number of hydrogen-bond acceptors (Lipinski definition) is 4. The number of aryl methyl sites for hydroxylation is 1. The van der Waals surface area contributed by atoms with Crippen LogP contribution in [-0.4, -0.2) is 33.9 Å². The second kappa shape index (κ2) is 3.63. The van der Waals surface area contributed by atoms with Crippen molar-refractivity contribution < 1.29 is 13.0 Å². The molecule has 2 N–H and O–H groups in total. The van der Waals surface area contributed by atoms with E-state index in [1.807, 2.05) is 0 Å². The Hall–Kier alpha value is -0.950. The van der Waals surface area contributed by atoms with Crippen molar-refractivity contribution in [2.45, 2.75) is 12.8 Å². The van der Waals surface area contributed by atoms with Gasteiger partial charge in [0.2, 0.25) is 0 Å². The highest BCUT2D eigenvalue weighted by atomic mass is 32.2. The maximum Gasteiger partial charge on any atom is 0.264 e. The molecule has 0 aliphatic heterocycles. The lowest BCUT2D eigenvalue weighted by Gasteiger charge is -1.94. The van der Waals surface area contributed by atoms with E-state index >= 15 is 0 Å². The third-order valence-electron chi connectivity index (χ3n) is 1.28. The third kappa shape index (κ3) is 3.44. The highest BCUT2D eigenvalue weighted by Crippen LogP contribution is 1.95. The summed E-state index contributed by atoms with van der Waals surface area (Å²) in [4.78, 5) is 3.79. The van der Waals surface area contributed by atoms with E-state index in [-0.39, 0.29) is 5.75 Å². The van der Waals surface area contributed by atoms with E-state index in [2.05, 4.69) is 15.2 Å². The standard InChI is InChI=1S/C5H9N3O3S/c9-12(10,11)3-1-2-5-6-4-7-8-5/h4H,1-3H2,(H,6,7,8)(H,9,10,11). The molecule has 0 fully saturated rings. The van der Waals surface area contributed by atoms with E-state index in [1.54, 1.807) is 0 Å². The van der Waals surface area contributed by atoms with E-state index in [1.165, 1.54) is 6.33 Å². The summed E-state index contributed by atoms with van der Waals surface area (Å²) in [7, 11) is -3.84. The Balaban J connectivity index is 2.29. The quantitative estimate of drug-likeness (QED) is 0.633. The maximum absolute atomic E-state index is 10.3. The largest absolute Gasteiger partial charge is 0.286 e. The normalized spacial score (nSPS) is 11.8. The summed E-state index contributed by atoms with van der Waals surface area (Å²) in [6.45, 7) is 0. The molecule has 0 spiro atoms. The predicted octanol–water partition coefficient (Wildman–Crippen LogP) is -0.375. The Labute approximate surface area is 69.8 Å². The molecule has 0 atom stereocenters. The van der Waals surface area contributed by atoms with Gasteiger partial charge in [0.05, 0.1) is 5.75 Å². The van der Waals surface area contributed by atoms with Crippen molar-refractivity contribution in [3.63, 3.8) is 0 Å². The Bertz CT molecular complexity index is 318. The van der Waals surface area contributed by atoms with Crippen LogP contribution in [0, 0.1) is 0 Å². The van der Waals surface area contributed by atoms with Crippen LogP contribution in [0.1, 0.15) is 12.2 Å². The van der Waals surface area contributed by atoms with E-state index in [9.17, 15) is 8.42 Å². The van der Waals surface area contributed by atoms with E-state index in [0.29, 0.717) is 18.7 Å². The van der Waals surface area contributed by atoms with Crippen LogP contribution in [0.2, 0.25) is 0 Å². The second-order valence-corrected chi connectivity index (χ2v) is 3.89. The summed E-state index contributed by atoms with van der Waals surface area (Å²) in [6, 6.07) is 0. The number of hydrogen-bond donors (Lipinski definition) is 2. The van der Waals surface area contributed by atoms with Gasteiger partial charge in [-0.1, -0.05) is 0 Å². The smallest absolute Gasteiger partial charge is 0.264 e. The number of nitrogens with one attached hydrogen (secondary N) is 1. The van der Waals surface area contributed by atoms with Gasteiger partial charge in [-0.05, 0) is 6.42 Å². The first kappa shape index (κ1) is 9.14. The van der Waals surface area contributed by atoms with Crippen molar-refractivity contribution in [2.24, 2.45) is 0 Å². The number of nitrogens with zero attached hydrogens (tertiary/aromatic N) is 2. The monoisotopic (exact) mass is 191 g/mol. The Morgan fingerprint density at radius 2 is 2.33 bits per heavy atom. The second-order valence-electron chi connectivity index (χ2n) is 2.32. The lowest BCUT2D eigenvalue weighted by atomic mass is 10.3. The lowest BCUT2D eigenvalue weighted by molar-refractivity contribution is 0.481. The van der Waals surface area contributed by atoms with Crippen LogP contribution in [0.3, 0.4) is 0 Å². The number of aromatic amines is 1. The maximum atomic E-state index is 10.3. The highest BCUT2D eigenvalue weighted by Gasteiger charge is 2.04. The van der Waals surface area contributed by atoms with Gasteiger partial charge in [-0.15, -0.1) is 0 Å². The Morgan fingerprint density at radius 1 is 1.58 bits per heavy atom. The van der Waals surface area contributed by atoms with Gasteiger partial charge in [0.15, 0.2) is 0 Å². The van der Waals surface area contributed by atoms with Crippen LogP contribution >= 0.6 is 0 Å². The minimum Gasteiger partial charge on any atom is -0.286 e. The average molecular weight is 191 g/mol. The van der Waals surface area contributed by atoms with Crippen LogP contribution in [-0.2, 0) is 16.5 Å². The zero-order valence-electron chi connectivity index (χ0n) is 6.27. The molecular formula is C5H9N3O3S. The summed E-state index contributed by atoms with van der Waals surface area (Å²) >= 11 is 0. The van der Waals surface area contributed by atoms with Crippen molar-refractivity contribution in [3.05, 3.63) is 12.2 Å². The van der Waals surface area contributed by atoms with Crippen LogP contribution in [0.5, 0.6) is 0 Å². The summed E-state index contributed by atoms with van der Waals surface area (Å²) < 4.78 is 28.9. The molecule has 0 unspecified atom stereocenters. The summed E-state index contributed by atoms with van der Waals surface area (Å²) in [5.41, 5.74) is 0. The van der Waals surface area contributed by atoms with Gasteiger partial charge in [-0.3, -0.25) is 9.65 Å². The molecule has 0 radical (unpaired) electrons. The molecule has 0 aliphatic rings. The number of H-pyrrole nitrogens is 1. The van der Waals surface area contributed by atoms with Gasteiger partial charge in [-0.2, -0.15) is 13.5 Å². The van der Waals surface area contributed by atoms with Crippen molar-refractivity contribution in [3.8, 4) is 0 Å². The van der Waals surface area contributed by atoms with Crippen molar-refractivity contribution in [2.75, 3.05) is 5.75 Å². The van der Waals surface area contributed by atoms with Gasteiger partial charge in [0.25, 0.3) is 10.1 Å². The molecule has 6 nitrogen and oxygen atoms in total. The molecule has 0 amide bonds. The van der Waals surface area contributed by atoms with Gasteiger partial charge in [0, 0.05) is 6.42 Å². The molecule has 0 aliphatic carbocycles. The molecule has 1 heterocycles. The van der Waals surface area contributed by atoms with E-state index in [4.69, 9.17) is 4.55 Å². The van der Waals surface area contributed by atoms with Gasteiger partial charge in [0.1, 0.15) is 12.2 Å². The first-order chi connectivity index (χ1) is 5.58. The molecule has 12 heavy (non-hydrogen) atoms. The zero-order valence-corrected chi connectivity index (χ0v) is 7.08. The van der Waals surface area contributed by atoms with E-state index in [0.717, 1.165) is 0 Å². The third-order valence-corrected chi connectivity index (χ3v) is 2.09. The minimum absolute atomic E-state index is 0.242. The van der Waals surface area contributed by atoms with Gasteiger partial charge in [-0.25, -0.2) is 4.98 Å². The topological polar surface area (TPSA) is 95.9 Å². The molecule has 7 heteroatoms. The molecular weight excluding hydrogens is 182 g/mol. The van der Waals surface area contributed by atoms with Crippen LogP contribution < -0.4 is 0 Å². The van der Waals surface area contributed by atoms with Crippen molar-refractivity contribution in [1.29, 1.82) is 0 Å². The minimum atomic E-state index is -3.84. The zero-order chi connectivity index (χ0) is 9.03. The summed E-state index contributed by atoms with van der Waals surface area (Å²) in [6.07, 6.45) is 2.16. The first-order valence-electron chi connectivity index (χ1n) is 3.37. The van der Waals surface area contributed by atoms with Crippen molar-refractivity contribution in [1.82, 2.24) is 15.2 Å². The first-order valence-corrected chi connectivity index (χ1v) is 4.98. The predicted molar refractivity (Wildman–Crippen MR) is 41.1 cm³/mol. The lowest BCUT2D eigenvalue weighted by Crippen LogP contribution is -2.05.